The second kappa shape index (κ2) is 6.00. The van der Waals surface area contributed by atoms with Gasteiger partial charge in [-0.3, -0.25) is 4.79 Å². The topological polar surface area (TPSA) is 49.8 Å². The van der Waals surface area contributed by atoms with Gasteiger partial charge in [-0.05, 0) is 80.7 Å². The van der Waals surface area contributed by atoms with Crippen LogP contribution in [0.5, 0.6) is 5.75 Å². The van der Waals surface area contributed by atoms with Gasteiger partial charge >= 0.3 is 0 Å². The van der Waals surface area contributed by atoms with Crippen LogP contribution in [0.3, 0.4) is 0 Å². The van der Waals surface area contributed by atoms with Gasteiger partial charge in [0.2, 0.25) is 5.91 Å². The molecular weight excluding hydrogens is 374 g/mol. The van der Waals surface area contributed by atoms with Crippen LogP contribution in [-0.2, 0) is 4.79 Å². The molecule has 4 bridgehead atoms. The Kier molecular flexibility index (Phi) is 3.74. The number of methoxy groups -OCH3 is 1. The van der Waals surface area contributed by atoms with Crippen molar-refractivity contribution in [3.05, 3.63) is 42.0 Å². The molecule has 158 valence electrons. The molecule has 5 aliphatic rings. The van der Waals surface area contributed by atoms with Crippen LogP contribution in [0.25, 0.3) is 10.8 Å². The number of benzene rings is 2. The standard InChI is InChI=1S/C26H31NO3/c1-25(2)23(20-8-9-21(30-3)19-7-5-4-6-18(19)20)27(24(25)28)22-16-10-15-11-17(22)14-26(29,12-15)13-16/h4-9,15-17,22-23,29H,10-14H2,1-3H3. The van der Waals surface area contributed by atoms with Crippen LogP contribution in [0.2, 0.25) is 0 Å². The molecular formula is C26H31NO3. The highest BCUT2D eigenvalue weighted by Gasteiger charge is 2.64. The van der Waals surface area contributed by atoms with Crippen LogP contribution in [0.15, 0.2) is 36.4 Å². The number of carbonyl (C=O) groups is 1. The number of rotatable bonds is 3. The molecule has 0 spiro atoms. The third kappa shape index (κ3) is 2.34. The van der Waals surface area contributed by atoms with E-state index in [0.717, 1.165) is 30.4 Å². The molecule has 2 aromatic carbocycles. The van der Waals surface area contributed by atoms with E-state index in [1.54, 1.807) is 7.11 Å². The first-order valence-corrected chi connectivity index (χ1v) is 11.4. The predicted molar refractivity (Wildman–Crippen MR) is 116 cm³/mol. The molecule has 1 amide bonds. The summed E-state index contributed by atoms with van der Waals surface area (Å²) >= 11 is 0. The maximum absolute atomic E-state index is 13.5. The number of amides is 1. The lowest BCUT2D eigenvalue weighted by molar-refractivity contribution is -0.208. The van der Waals surface area contributed by atoms with Gasteiger partial charge in [-0.25, -0.2) is 0 Å². The number of hydrogen-bond acceptors (Lipinski definition) is 3. The summed E-state index contributed by atoms with van der Waals surface area (Å²) in [6, 6.07) is 12.9. The summed E-state index contributed by atoms with van der Waals surface area (Å²) in [6.45, 7) is 4.19. The summed E-state index contributed by atoms with van der Waals surface area (Å²) in [6.07, 6.45) is 5.04. The second-order valence-electron chi connectivity index (χ2n) is 10.9. The van der Waals surface area contributed by atoms with Gasteiger partial charge in [0.1, 0.15) is 5.75 Å². The van der Waals surface area contributed by atoms with Gasteiger partial charge in [0.15, 0.2) is 0 Å². The number of aliphatic hydroxyl groups is 1. The van der Waals surface area contributed by atoms with E-state index in [1.807, 2.05) is 12.1 Å². The maximum Gasteiger partial charge on any atom is 0.231 e. The molecule has 1 saturated heterocycles. The molecule has 1 heterocycles. The van der Waals surface area contributed by atoms with Crippen molar-refractivity contribution in [3.8, 4) is 5.75 Å². The number of ether oxygens (including phenoxy) is 1. The summed E-state index contributed by atoms with van der Waals surface area (Å²) in [5.41, 5.74) is 0.338. The van der Waals surface area contributed by atoms with E-state index in [4.69, 9.17) is 4.74 Å². The number of likely N-dealkylation sites (tertiary alicyclic amines) is 1. The van der Waals surface area contributed by atoms with Crippen LogP contribution in [0, 0.1) is 23.2 Å². The molecule has 4 nitrogen and oxygen atoms in total. The smallest absolute Gasteiger partial charge is 0.231 e. The van der Waals surface area contributed by atoms with Gasteiger partial charge in [-0.1, -0.05) is 30.3 Å². The van der Waals surface area contributed by atoms with Crippen molar-refractivity contribution in [2.45, 2.75) is 63.6 Å². The molecule has 30 heavy (non-hydrogen) atoms. The molecule has 3 unspecified atom stereocenters. The number of carbonyl (C=O) groups excluding carboxylic acids is 1. The zero-order chi connectivity index (χ0) is 20.8. The average molecular weight is 406 g/mol. The van der Waals surface area contributed by atoms with Gasteiger partial charge in [-0.15, -0.1) is 0 Å². The first kappa shape index (κ1) is 18.7. The molecule has 0 aromatic heterocycles. The summed E-state index contributed by atoms with van der Waals surface area (Å²) in [7, 11) is 1.71. The Labute approximate surface area is 178 Å². The third-order valence-electron chi connectivity index (χ3n) is 8.69. The van der Waals surface area contributed by atoms with E-state index in [9.17, 15) is 9.90 Å². The van der Waals surface area contributed by atoms with E-state index in [1.165, 1.54) is 23.8 Å². The molecule has 4 aliphatic carbocycles. The van der Waals surface area contributed by atoms with Crippen molar-refractivity contribution in [2.75, 3.05) is 7.11 Å². The molecule has 4 saturated carbocycles. The summed E-state index contributed by atoms with van der Waals surface area (Å²) in [5, 5.41) is 13.3. The Balaban J connectivity index is 1.45. The fourth-order valence-electron chi connectivity index (χ4n) is 7.81. The molecule has 2 aromatic rings. The van der Waals surface area contributed by atoms with Crippen LogP contribution in [0.1, 0.15) is 57.6 Å². The van der Waals surface area contributed by atoms with E-state index in [0.29, 0.717) is 17.8 Å². The molecule has 5 fully saturated rings. The first-order valence-electron chi connectivity index (χ1n) is 11.4. The second-order valence-corrected chi connectivity index (χ2v) is 10.9. The fraction of sp³-hybridized carbons (Fsp3) is 0.577. The number of β-lactam (4-membered cyclic amide) rings is 1. The number of fused-ring (bicyclic) bond motifs is 1. The zero-order valence-electron chi connectivity index (χ0n) is 18.1. The highest BCUT2D eigenvalue weighted by Crippen LogP contribution is 2.62. The minimum Gasteiger partial charge on any atom is -0.496 e. The Bertz CT molecular complexity index is 1030. The minimum atomic E-state index is -0.473. The zero-order valence-corrected chi connectivity index (χ0v) is 18.1. The molecule has 0 radical (unpaired) electrons. The monoisotopic (exact) mass is 405 g/mol. The van der Waals surface area contributed by atoms with E-state index in [-0.39, 0.29) is 18.0 Å². The van der Waals surface area contributed by atoms with E-state index < -0.39 is 11.0 Å². The summed E-state index contributed by atoms with van der Waals surface area (Å²) in [5.74, 6) is 2.67. The van der Waals surface area contributed by atoms with Gasteiger partial charge < -0.3 is 14.7 Å². The molecule has 4 heteroatoms. The SMILES string of the molecule is COc1ccc(C2N(C3C4CC5CC3CC(O)(C5)C4)C(=O)C2(C)C)c2ccccc12. The van der Waals surface area contributed by atoms with E-state index in [2.05, 4.69) is 43.0 Å². The fourth-order valence-corrected chi connectivity index (χ4v) is 7.81. The van der Waals surface area contributed by atoms with Crippen LogP contribution < -0.4 is 4.74 Å². The van der Waals surface area contributed by atoms with E-state index >= 15 is 0 Å². The average Bonchev–Trinajstić information content (AvgIpc) is 2.71. The predicted octanol–water partition coefficient (Wildman–Crippen LogP) is 4.70. The van der Waals surface area contributed by atoms with Gasteiger partial charge in [0.05, 0.1) is 24.2 Å². The summed E-state index contributed by atoms with van der Waals surface area (Å²) < 4.78 is 5.61. The number of hydrogen-bond donors (Lipinski definition) is 1. The van der Waals surface area contributed by atoms with Crippen molar-refractivity contribution in [1.29, 1.82) is 0 Å². The van der Waals surface area contributed by atoms with Crippen LogP contribution in [0.4, 0.5) is 0 Å². The summed E-state index contributed by atoms with van der Waals surface area (Å²) in [4.78, 5) is 15.7. The molecule has 1 aliphatic heterocycles. The largest absolute Gasteiger partial charge is 0.496 e. The highest BCUT2D eigenvalue weighted by molar-refractivity contribution is 5.96. The van der Waals surface area contributed by atoms with Gasteiger partial charge in [0, 0.05) is 11.4 Å². The van der Waals surface area contributed by atoms with Gasteiger partial charge in [0.25, 0.3) is 0 Å². The Morgan fingerprint density at radius 3 is 2.30 bits per heavy atom. The van der Waals surface area contributed by atoms with Crippen molar-refractivity contribution < 1.29 is 14.6 Å². The first-order chi connectivity index (χ1) is 14.3. The van der Waals surface area contributed by atoms with Crippen LogP contribution >= 0.6 is 0 Å². The van der Waals surface area contributed by atoms with Crippen molar-refractivity contribution in [1.82, 2.24) is 4.90 Å². The Morgan fingerprint density at radius 2 is 1.67 bits per heavy atom. The lowest BCUT2D eigenvalue weighted by Crippen LogP contribution is -2.71. The maximum atomic E-state index is 13.5. The minimum absolute atomic E-state index is 0.0676. The van der Waals surface area contributed by atoms with Crippen molar-refractivity contribution in [2.24, 2.45) is 23.2 Å². The Hall–Kier alpha value is -2.07. The number of nitrogens with zero attached hydrogens (tertiary/aromatic N) is 1. The lowest BCUT2D eigenvalue weighted by atomic mass is 9.50. The molecule has 7 rings (SSSR count). The highest BCUT2D eigenvalue weighted by atomic mass is 16.5. The van der Waals surface area contributed by atoms with Crippen molar-refractivity contribution in [3.63, 3.8) is 0 Å². The lowest BCUT2D eigenvalue weighted by Gasteiger charge is -2.66. The van der Waals surface area contributed by atoms with Crippen molar-refractivity contribution >= 4 is 16.7 Å². The third-order valence-corrected chi connectivity index (χ3v) is 8.69. The quantitative estimate of drug-likeness (QED) is 0.753. The van der Waals surface area contributed by atoms with Gasteiger partial charge in [-0.2, -0.15) is 0 Å². The molecule has 1 N–H and O–H groups in total. The molecule has 3 atom stereocenters. The Morgan fingerprint density at radius 1 is 1.00 bits per heavy atom. The normalized spacial score (nSPS) is 38.7. The van der Waals surface area contributed by atoms with Crippen LogP contribution in [-0.4, -0.2) is 34.7 Å².